The van der Waals surface area contributed by atoms with Gasteiger partial charge in [-0.25, -0.2) is 14.4 Å². The van der Waals surface area contributed by atoms with E-state index in [-0.39, 0.29) is 67.2 Å². The van der Waals surface area contributed by atoms with Gasteiger partial charge in [-0.3, -0.25) is 33.7 Å². The van der Waals surface area contributed by atoms with Crippen molar-refractivity contribution in [1.29, 1.82) is 0 Å². The molecule has 1 aliphatic rings. The van der Waals surface area contributed by atoms with Gasteiger partial charge in [0.15, 0.2) is 0 Å². The van der Waals surface area contributed by atoms with Crippen molar-refractivity contribution < 1.29 is 62.5 Å². The molecule has 0 spiro atoms. The number of primary amides is 1. The summed E-state index contributed by atoms with van der Waals surface area (Å²) < 4.78 is 17.5. The lowest BCUT2D eigenvalue weighted by Crippen LogP contribution is -2.59. The number of amides is 9. The van der Waals surface area contributed by atoms with Gasteiger partial charge in [-0.1, -0.05) is 111 Å². The van der Waals surface area contributed by atoms with Crippen molar-refractivity contribution in [3.05, 3.63) is 65.7 Å². The number of nitrogens with two attached hydrogens (primary N) is 1. The van der Waals surface area contributed by atoms with Crippen LogP contribution in [-0.4, -0.2) is 188 Å². The molecule has 1 saturated heterocycles. The fourth-order valence-electron chi connectivity index (χ4n) is 11.6. The van der Waals surface area contributed by atoms with E-state index in [1.165, 1.54) is 19.1 Å². The molecular weight excluding hydrogens is 1130 g/mol. The van der Waals surface area contributed by atoms with Gasteiger partial charge in [0.2, 0.25) is 35.4 Å². The quantitative estimate of drug-likeness (QED) is 0.0396. The van der Waals surface area contributed by atoms with Crippen LogP contribution in [0.3, 0.4) is 0 Å². The van der Waals surface area contributed by atoms with Gasteiger partial charge in [-0.05, 0) is 113 Å². The molecular formula is C65H106N10O13. The first-order valence-electron chi connectivity index (χ1n) is 31.2. The number of anilines is 1. The number of aliphatic carboxylic acids is 1. The van der Waals surface area contributed by atoms with Gasteiger partial charge >= 0.3 is 18.1 Å². The average molecular weight is 1240 g/mol. The van der Waals surface area contributed by atoms with Crippen LogP contribution in [0.4, 0.5) is 15.3 Å². The van der Waals surface area contributed by atoms with Crippen LogP contribution in [0.5, 0.6) is 0 Å². The van der Waals surface area contributed by atoms with Crippen molar-refractivity contribution in [3.63, 3.8) is 0 Å². The number of nitrogens with zero attached hydrogens (tertiary/aromatic N) is 4. The number of likely N-dealkylation sites (N-methyl/N-ethyl adjacent to an activating group) is 3. The number of carboxylic acids is 1. The second-order valence-corrected chi connectivity index (χ2v) is 25.7. The minimum Gasteiger partial charge on any atom is -0.480 e. The Hall–Kier alpha value is -6.85. The molecule has 0 bridgehead atoms. The van der Waals surface area contributed by atoms with Crippen LogP contribution in [0.25, 0.3) is 0 Å². The maximum Gasteiger partial charge on any atom is 0.408 e. The lowest BCUT2D eigenvalue weighted by molar-refractivity contribution is -0.148. The van der Waals surface area contributed by atoms with E-state index >= 15 is 0 Å². The third kappa shape index (κ3) is 23.3. The van der Waals surface area contributed by atoms with Gasteiger partial charge in [0.05, 0.1) is 42.7 Å². The number of rotatable bonds is 35. The number of likely N-dealkylation sites (tertiary alicyclic amines) is 1. The highest BCUT2D eigenvalue weighted by Crippen LogP contribution is 2.30. The first-order valence-corrected chi connectivity index (χ1v) is 31.2. The normalized spacial score (nSPS) is 16.9. The molecule has 0 aliphatic carbocycles. The molecule has 1 fully saturated rings. The summed E-state index contributed by atoms with van der Waals surface area (Å²) in [4.78, 5) is 129. The van der Waals surface area contributed by atoms with E-state index in [9.17, 15) is 48.3 Å². The van der Waals surface area contributed by atoms with E-state index in [1.807, 2.05) is 71.7 Å². The van der Waals surface area contributed by atoms with Crippen molar-refractivity contribution in [1.82, 2.24) is 41.3 Å². The summed E-state index contributed by atoms with van der Waals surface area (Å²) >= 11 is 0. The van der Waals surface area contributed by atoms with E-state index in [1.54, 1.807) is 102 Å². The molecule has 0 unspecified atom stereocenters. The summed E-state index contributed by atoms with van der Waals surface area (Å²) in [6.45, 7) is 23.3. The van der Waals surface area contributed by atoms with Crippen LogP contribution in [0.1, 0.15) is 139 Å². The van der Waals surface area contributed by atoms with Crippen LogP contribution in [0.15, 0.2) is 54.6 Å². The summed E-state index contributed by atoms with van der Waals surface area (Å²) in [6.07, 6.45) is 0.957. The molecule has 0 radical (unpaired) electrons. The number of nitrogens with one attached hydrogen (secondary N) is 5. The van der Waals surface area contributed by atoms with E-state index in [2.05, 4.69) is 26.6 Å². The Morgan fingerprint density at radius 3 is 1.90 bits per heavy atom. The molecule has 0 saturated carbocycles. The molecule has 9 amide bonds. The number of carbonyl (C=O) groups excluding carboxylic acids is 8. The third-order valence-electron chi connectivity index (χ3n) is 16.5. The Morgan fingerprint density at radius 2 is 1.36 bits per heavy atom. The summed E-state index contributed by atoms with van der Waals surface area (Å²) in [7, 11) is 8.16. The van der Waals surface area contributed by atoms with E-state index in [0.717, 1.165) is 11.1 Å². The zero-order valence-corrected chi connectivity index (χ0v) is 55.5. The summed E-state index contributed by atoms with van der Waals surface area (Å²) in [6, 6.07) is 9.87. The maximum atomic E-state index is 14.9. The number of hydrogen-bond donors (Lipinski definition) is 7. The molecule has 0 aromatic heterocycles. The van der Waals surface area contributed by atoms with Crippen LogP contribution in [-0.2, 0) is 60.6 Å². The first-order chi connectivity index (χ1) is 41.3. The molecule has 23 heteroatoms. The molecule has 494 valence electrons. The Balaban J connectivity index is 1.77. The SMILES string of the molecule is CC[C@H](C)[C@@H]([C@@H](CC(=O)N1CCC[C@H]1[C@H](OC)[C@@H](C)C(=O)N[C@@H](Cc1ccccc1)C(=O)O)OC)N(C)C(=O)[C@H](CC(C)C)NC(=O)[C@H](C(C)C)N(C)CCc1ccc(N(C)C(=O)[C@H](CCCNC(N)=O)NC(=O)[C@@H](NC(=O)OC(C)(C)C)C(C)C)cc1. The molecule has 3 rings (SSSR count). The number of benzene rings is 2. The van der Waals surface area contributed by atoms with Gasteiger partial charge in [0.1, 0.15) is 29.8 Å². The highest BCUT2D eigenvalue weighted by molar-refractivity contribution is 6.00. The van der Waals surface area contributed by atoms with E-state index in [0.29, 0.717) is 57.3 Å². The van der Waals surface area contributed by atoms with Gasteiger partial charge in [0.25, 0.3) is 0 Å². The monoisotopic (exact) mass is 1230 g/mol. The molecule has 88 heavy (non-hydrogen) atoms. The third-order valence-corrected chi connectivity index (χ3v) is 16.5. The van der Waals surface area contributed by atoms with Crippen molar-refractivity contribution in [3.8, 4) is 0 Å². The largest absolute Gasteiger partial charge is 0.480 e. The number of carboxylic acid groups (broad SMARTS) is 1. The predicted octanol–water partition coefficient (Wildman–Crippen LogP) is 5.89. The standard InChI is InChI=1S/C65H106N10O13/c1-18-42(8)55(51(86-16)38-52(76)75-34-23-27-50(75)56(87-17)43(9)57(77)70-49(62(82)83)37-45-24-20-19-21-25-45)74(15)61(81)48(36-39(2)3)69-59(79)54(41(6)7)72(13)35-32-44-28-30-46(31-29-44)73(14)60(80)47(26-22-33-67-63(66)84)68-58(78)53(40(4)5)71-64(85)88-65(10,11)12/h19-21,24-25,28-31,39-43,47-51,53-56H,18,22-23,26-27,32-38H2,1-17H3,(H,68,78)(H,69,79)(H,70,77)(H,71,85)(H,82,83)(H3,66,67,84)/t42-,43+,47-,48-,49-,50-,51+,53-,54-,55-,56+/m0/s1. The second-order valence-electron chi connectivity index (χ2n) is 25.7. The van der Waals surface area contributed by atoms with Crippen LogP contribution in [0.2, 0.25) is 0 Å². The van der Waals surface area contributed by atoms with Crippen molar-refractivity contribution in [2.45, 2.75) is 201 Å². The topological polar surface area (TPSA) is 301 Å². The molecule has 8 N–H and O–H groups in total. The number of urea groups is 1. The van der Waals surface area contributed by atoms with Crippen LogP contribution in [0, 0.1) is 29.6 Å². The first kappa shape index (κ1) is 75.4. The zero-order chi connectivity index (χ0) is 66.3. The van der Waals surface area contributed by atoms with Gasteiger partial charge < -0.3 is 66.3 Å². The van der Waals surface area contributed by atoms with E-state index in [4.69, 9.17) is 19.9 Å². The molecule has 2 aromatic rings. The second kappa shape index (κ2) is 36.0. The minimum absolute atomic E-state index is 0.0155. The lowest BCUT2D eigenvalue weighted by atomic mass is 9.89. The molecule has 23 nitrogen and oxygen atoms in total. The van der Waals surface area contributed by atoms with Crippen LogP contribution >= 0.6 is 0 Å². The Bertz CT molecular complexity index is 2580. The molecule has 1 heterocycles. The Kier molecular flexibility index (Phi) is 30.8. The van der Waals surface area contributed by atoms with Gasteiger partial charge in [-0.15, -0.1) is 0 Å². The van der Waals surface area contributed by atoms with Crippen molar-refractivity contribution in [2.24, 2.45) is 35.3 Å². The molecule has 2 aromatic carbocycles. The predicted molar refractivity (Wildman–Crippen MR) is 339 cm³/mol. The van der Waals surface area contributed by atoms with Gasteiger partial charge in [0, 0.05) is 60.1 Å². The highest BCUT2D eigenvalue weighted by atomic mass is 16.6. The average Bonchev–Trinajstić information content (AvgIpc) is 1.66. The minimum atomic E-state index is -1.17. The van der Waals surface area contributed by atoms with Crippen molar-refractivity contribution >= 4 is 59.2 Å². The molecule has 11 atom stereocenters. The zero-order valence-electron chi connectivity index (χ0n) is 55.5. The van der Waals surface area contributed by atoms with Gasteiger partial charge in [-0.2, -0.15) is 0 Å². The Labute approximate surface area is 523 Å². The number of alkyl carbamates (subject to hydrolysis) is 1. The number of carbonyl (C=O) groups is 9. The molecule has 1 aliphatic heterocycles. The fraction of sp³-hybridized carbons (Fsp3) is 0.677. The van der Waals surface area contributed by atoms with Crippen LogP contribution < -0.4 is 37.2 Å². The summed E-state index contributed by atoms with van der Waals surface area (Å²) in [5.74, 6) is -4.98. The number of ether oxygens (including phenoxy) is 3. The summed E-state index contributed by atoms with van der Waals surface area (Å²) in [5, 5.41) is 23.8. The lowest BCUT2D eigenvalue weighted by Gasteiger charge is -2.41. The number of methoxy groups -OCH3 is 2. The maximum absolute atomic E-state index is 14.9. The number of hydrogen-bond acceptors (Lipinski definition) is 13. The Morgan fingerprint density at radius 1 is 0.750 bits per heavy atom. The van der Waals surface area contributed by atoms with E-state index < -0.39 is 102 Å². The fourth-order valence-corrected chi connectivity index (χ4v) is 11.6. The van der Waals surface area contributed by atoms with Crippen molar-refractivity contribution in [2.75, 3.05) is 59.9 Å². The smallest absolute Gasteiger partial charge is 0.408 e. The highest BCUT2D eigenvalue weighted by Gasteiger charge is 2.44. The summed E-state index contributed by atoms with van der Waals surface area (Å²) in [5.41, 5.74) is 6.69.